The van der Waals surface area contributed by atoms with Crippen molar-refractivity contribution in [1.82, 2.24) is 4.98 Å². The Kier molecular flexibility index (Phi) is 2.73. The predicted molar refractivity (Wildman–Crippen MR) is 52.8 cm³/mol. The van der Waals surface area contributed by atoms with Crippen molar-refractivity contribution >= 4 is 12.7 Å². The summed E-state index contributed by atoms with van der Waals surface area (Å²) in [5, 5.41) is 17.6. The van der Waals surface area contributed by atoms with E-state index < -0.39 is 7.12 Å². The first kappa shape index (κ1) is 10.2. The third kappa shape index (κ3) is 2.54. The highest BCUT2D eigenvalue weighted by molar-refractivity contribution is 6.57. The molecule has 0 atom stereocenters. The zero-order chi connectivity index (χ0) is 10.1. The Hall–Kier alpha value is -0.865. The Morgan fingerprint density at radius 1 is 1.23 bits per heavy atom. The first-order valence-corrected chi connectivity index (χ1v) is 4.24. The Balaban J connectivity index is 2.94. The molecule has 13 heavy (non-hydrogen) atoms. The molecule has 0 unspecified atom stereocenters. The Morgan fingerprint density at radius 2 is 1.85 bits per heavy atom. The van der Waals surface area contributed by atoms with Crippen LogP contribution in [0.3, 0.4) is 0 Å². The SMILES string of the molecule is CC(C)(C)c1ccc(B(O)O)nc1. The van der Waals surface area contributed by atoms with Crippen LogP contribution in [0.2, 0.25) is 0 Å². The molecule has 4 heteroatoms. The van der Waals surface area contributed by atoms with Crippen LogP contribution in [0.5, 0.6) is 0 Å². The lowest BCUT2D eigenvalue weighted by Gasteiger charge is -2.18. The smallest absolute Gasteiger partial charge is 0.422 e. The molecule has 0 amide bonds. The molecular formula is C9H14BNO2. The summed E-state index contributed by atoms with van der Waals surface area (Å²) in [6, 6.07) is 3.49. The second-order valence-corrected chi connectivity index (χ2v) is 4.10. The first-order valence-electron chi connectivity index (χ1n) is 4.24. The van der Waals surface area contributed by atoms with Crippen molar-refractivity contribution in [3.63, 3.8) is 0 Å². The van der Waals surface area contributed by atoms with E-state index >= 15 is 0 Å². The summed E-state index contributed by atoms with van der Waals surface area (Å²) in [5.41, 5.74) is 1.41. The van der Waals surface area contributed by atoms with Gasteiger partial charge in [0.1, 0.15) is 0 Å². The lowest BCUT2D eigenvalue weighted by Crippen LogP contribution is -2.33. The van der Waals surface area contributed by atoms with Crippen molar-refractivity contribution in [1.29, 1.82) is 0 Å². The molecule has 1 rings (SSSR count). The molecule has 3 nitrogen and oxygen atoms in total. The molecule has 0 aromatic carbocycles. The highest BCUT2D eigenvalue weighted by atomic mass is 16.4. The highest BCUT2D eigenvalue weighted by Crippen LogP contribution is 2.19. The predicted octanol–water partition coefficient (Wildman–Crippen LogP) is 0.0589. The fourth-order valence-electron chi connectivity index (χ4n) is 1.00. The molecule has 1 heterocycles. The van der Waals surface area contributed by atoms with Crippen LogP contribution >= 0.6 is 0 Å². The molecule has 0 bridgehead atoms. The van der Waals surface area contributed by atoms with Crippen LogP contribution in [0.1, 0.15) is 26.3 Å². The fourth-order valence-corrected chi connectivity index (χ4v) is 1.00. The van der Waals surface area contributed by atoms with Gasteiger partial charge in [0.25, 0.3) is 0 Å². The fraction of sp³-hybridized carbons (Fsp3) is 0.444. The standard InChI is InChI=1S/C9H14BNO2/c1-9(2,3)7-4-5-8(10(12)13)11-6-7/h4-6,12-13H,1-3H3. The third-order valence-electron chi connectivity index (χ3n) is 1.92. The minimum absolute atomic E-state index is 0.0476. The van der Waals surface area contributed by atoms with E-state index in [-0.39, 0.29) is 11.0 Å². The molecule has 0 saturated heterocycles. The van der Waals surface area contributed by atoms with Gasteiger partial charge in [0.15, 0.2) is 0 Å². The van der Waals surface area contributed by atoms with E-state index in [9.17, 15) is 0 Å². The molecule has 0 saturated carbocycles. The zero-order valence-electron chi connectivity index (χ0n) is 8.15. The van der Waals surface area contributed by atoms with Gasteiger partial charge < -0.3 is 10.0 Å². The van der Waals surface area contributed by atoms with Crippen molar-refractivity contribution in [3.05, 3.63) is 23.9 Å². The van der Waals surface area contributed by atoms with Crippen LogP contribution in [-0.2, 0) is 5.41 Å². The van der Waals surface area contributed by atoms with Crippen LogP contribution in [0, 0.1) is 0 Å². The van der Waals surface area contributed by atoms with Crippen LogP contribution in [-0.4, -0.2) is 22.2 Å². The van der Waals surface area contributed by atoms with Gasteiger partial charge >= 0.3 is 7.12 Å². The summed E-state index contributed by atoms with van der Waals surface area (Å²) >= 11 is 0. The highest BCUT2D eigenvalue weighted by Gasteiger charge is 2.16. The summed E-state index contributed by atoms with van der Waals surface area (Å²) in [6.07, 6.45) is 1.68. The van der Waals surface area contributed by atoms with Crippen LogP contribution in [0.4, 0.5) is 0 Å². The number of aromatic nitrogens is 1. The van der Waals surface area contributed by atoms with Gasteiger partial charge in [0.2, 0.25) is 0 Å². The van der Waals surface area contributed by atoms with Gasteiger partial charge in [0, 0.05) is 6.20 Å². The van der Waals surface area contributed by atoms with E-state index in [1.165, 1.54) is 0 Å². The normalized spacial score (nSPS) is 11.5. The van der Waals surface area contributed by atoms with Gasteiger partial charge in [-0.2, -0.15) is 0 Å². The van der Waals surface area contributed by atoms with Crippen molar-refractivity contribution in [2.75, 3.05) is 0 Å². The molecular weight excluding hydrogens is 165 g/mol. The van der Waals surface area contributed by atoms with Crippen molar-refractivity contribution in [3.8, 4) is 0 Å². The molecule has 0 aliphatic heterocycles. The number of pyridine rings is 1. The van der Waals surface area contributed by atoms with E-state index in [1.54, 1.807) is 12.3 Å². The van der Waals surface area contributed by atoms with Gasteiger partial charge in [-0.1, -0.05) is 26.8 Å². The topological polar surface area (TPSA) is 53.4 Å². The lowest BCUT2D eigenvalue weighted by molar-refractivity contribution is 0.424. The number of hydrogen-bond donors (Lipinski definition) is 2. The van der Waals surface area contributed by atoms with Crippen LogP contribution in [0.25, 0.3) is 0 Å². The lowest BCUT2D eigenvalue weighted by atomic mass is 9.83. The van der Waals surface area contributed by atoms with E-state index in [2.05, 4.69) is 25.8 Å². The maximum absolute atomic E-state index is 8.81. The monoisotopic (exact) mass is 179 g/mol. The minimum Gasteiger partial charge on any atom is -0.422 e. The summed E-state index contributed by atoms with van der Waals surface area (Å²) in [6.45, 7) is 6.25. The van der Waals surface area contributed by atoms with Crippen molar-refractivity contribution in [2.45, 2.75) is 26.2 Å². The molecule has 0 radical (unpaired) electrons. The molecule has 1 aromatic rings. The van der Waals surface area contributed by atoms with Gasteiger partial charge in [-0.05, 0) is 17.0 Å². The maximum atomic E-state index is 8.81. The molecule has 0 fully saturated rings. The molecule has 1 aromatic heterocycles. The molecule has 70 valence electrons. The van der Waals surface area contributed by atoms with E-state index in [0.29, 0.717) is 0 Å². The first-order chi connectivity index (χ1) is 5.91. The van der Waals surface area contributed by atoms with Crippen molar-refractivity contribution < 1.29 is 10.0 Å². The molecule has 0 spiro atoms. The van der Waals surface area contributed by atoms with Gasteiger partial charge in [-0.3, -0.25) is 4.98 Å². The van der Waals surface area contributed by atoms with E-state index in [1.807, 2.05) is 6.07 Å². The maximum Gasteiger partial charge on any atom is 0.508 e. The van der Waals surface area contributed by atoms with E-state index in [4.69, 9.17) is 10.0 Å². The quantitative estimate of drug-likeness (QED) is 0.599. The van der Waals surface area contributed by atoms with Gasteiger partial charge in [0.05, 0.1) is 5.59 Å². The Morgan fingerprint density at radius 3 is 2.15 bits per heavy atom. The van der Waals surface area contributed by atoms with Crippen molar-refractivity contribution in [2.24, 2.45) is 0 Å². The summed E-state index contributed by atoms with van der Waals surface area (Å²) < 4.78 is 0. The molecule has 2 N–H and O–H groups in total. The van der Waals surface area contributed by atoms with Crippen LogP contribution in [0.15, 0.2) is 18.3 Å². The van der Waals surface area contributed by atoms with Gasteiger partial charge in [-0.25, -0.2) is 0 Å². The minimum atomic E-state index is -1.48. The largest absolute Gasteiger partial charge is 0.508 e. The second-order valence-electron chi connectivity index (χ2n) is 4.10. The Labute approximate surface area is 78.6 Å². The third-order valence-corrected chi connectivity index (χ3v) is 1.92. The summed E-state index contributed by atoms with van der Waals surface area (Å²) in [7, 11) is -1.48. The average Bonchev–Trinajstić information content (AvgIpc) is 2.03. The molecule has 0 aliphatic carbocycles. The summed E-state index contributed by atoms with van der Waals surface area (Å²) in [4.78, 5) is 3.94. The summed E-state index contributed by atoms with van der Waals surface area (Å²) in [5.74, 6) is 0. The molecule has 0 aliphatic rings. The van der Waals surface area contributed by atoms with Gasteiger partial charge in [-0.15, -0.1) is 0 Å². The van der Waals surface area contributed by atoms with E-state index in [0.717, 1.165) is 5.56 Å². The number of hydrogen-bond acceptors (Lipinski definition) is 3. The average molecular weight is 179 g/mol. The number of rotatable bonds is 1. The zero-order valence-corrected chi connectivity index (χ0v) is 8.15. The number of nitrogens with zero attached hydrogens (tertiary/aromatic N) is 1. The van der Waals surface area contributed by atoms with Crippen LogP contribution < -0.4 is 5.59 Å². The Bertz CT molecular complexity index is 277. The second kappa shape index (κ2) is 3.48.